The van der Waals surface area contributed by atoms with Crippen molar-refractivity contribution >= 4 is 0 Å². The minimum Gasteiger partial charge on any atom is -0.488 e. The van der Waals surface area contributed by atoms with Crippen molar-refractivity contribution in [1.82, 2.24) is 5.32 Å². The molecule has 18 heavy (non-hydrogen) atoms. The first kappa shape index (κ1) is 15.0. The molecule has 3 heteroatoms. The lowest BCUT2D eigenvalue weighted by atomic mass is 10.1. The summed E-state index contributed by atoms with van der Waals surface area (Å²) in [6.07, 6.45) is 0.0852. The molecule has 0 aliphatic heterocycles. The Labute approximate surface area is 110 Å². The second-order valence-corrected chi connectivity index (χ2v) is 4.44. The predicted octanol–water partition coefficient (Wildman–Crippen LogP) is 3.16. The van der Waals surface area contributed by atoms with Crippen molar-refractivity contribution in [2.24, 2.45) is 0 Å². The lowest BCUT2D eigenvalue weighted by Gasteiger charge is -2.16. The molecule has 0 aliphatic rings. The van der Waals surface area contributed by atoms with Crippen LogP contribution in [-0.2, 0) is 4.74 Å². The highest BCUT2D eigenvalue weighted by Crippen LogP contribution is 2.18. The number of benzene rings is 1. The molecule has 102 valence electrons. The second-order valence-electron chi connectivity index (χ2n) is 4.44. The first-order chi connectivity index (χ1) is 8.67. The van der Waals surface area contributed by atoms with E-state index in [0.29, 0.717) is 12.6 Å². The first-order valence-corrected chi connectivity index (χ1v) is 6.75. The third-order valence-electron chi connectivity index (χ3n) is 2.78. The number of hydrogen-bond donors (Lipinski definition) is 1. The Balaban J connectivity index is 2.49. The maximum Gasteiger partial charge on any atom is 0.119 e. The number of ether oxygens (including phenoxy) is 2. The first-order valence-electron chi connectivity index (χ1n) is 6.75. The summed E-state index contributed by atoms with van der Waals surface area (Å²) >= 11 is 0. The Bertz CT molecular complexity index is 324. The molecule has 3 nitrogen and oxygen atoms in total. The minimum absolute atomic E-state index is 0.0852. The summed E-state index contributed by atoms with van der Waals surface area (Å²) in [5, 5.41) is 3.39. The van der Waals surface area contributed by atoms with E-state index in [0.717, 1.165) is 18.9 Å². The van der Waals surface area contributed by atoms with Crippen LogP contribution in [0.15, 0.2) is 24.3 Å². The standard InChI is InChI=1S/C15H25NO2/c1-5-16-13(4)14-7-9-15(10-8-14)18-12(3)11-17-6-2/h7-10,12-13,16H,5-6,11H2,1-4H3. The summed E-state index contributed by atoms with van der Waals surface area (Å²) in [6.45, 7) is 10.6. The van der Waals surface area contributed by atoms with Gasteiger partial charge in [0, 0.05) is 12.6 Å². The summed E-state index contributed by atoms with van der Waals surface area (Å²) in [7, 11) is 0. The molecule has 0 aliphatic carbocycles. The van der Waals surface area contributed by atoms with E-state index in [1.54, 1.807) is 0 Å². The van der Waals surface area contributed by atoms with Crippen LogP contribution in [0.4, 0.5) is 0 Å². The smallest absolute Gasteiger partial charge is 0.119 e. The van der Waals surface area contributed by atoms with Crippen LogP contribution in [0.2, 0.25) is 0 Å². The molecule has 0 amide bonds. The summed E-state index contributed by atoms with van der Waals surface area (Å²) in [4.78, 5) is 0. The molecule has 0 spiro atoms. The molecule has 1 aromatic carbocycles. The molecule has 0 aromatic heterocycles. The molecular weight excluding hydrogens is 226 g/mol. The third kappa shape index (κ3) is 5.07. The molecule has 0 saturated heterocycles. The molecule has 0 fully saturated rings. The van der Waals surface area contributed by atoms with Gasteiger partial charge >= 0.3 is 0 Å². The molecule has 1 rings (SSSR count). The lowest BCUT2D eigenvalue weighted by molar-refractivity contribution is 0.0657. The van der Waals surface area contributed by atoms with Gasteiger partial charge in [-0.15, -0.1) is 0 Å². The van der Waals surface area contributed by atoms with Crippen LogP contribution in [-0.4, -0.2) is 25.9 Å². The molecule has 1 N–H and O–H groups in total. The quantitative estimate of drug-likeness (QED) is 0.770. The number of hydrogen-bond acceptors (Lipinski definition) is 3. The fraction of sp³-hybridized carbons (Fsp3) is 0.600. The van der Waals surface area contributed by atoms with E-state index in [-0.39, 0.29) is 6.10 Å². The van der Waals surface area contributed by atoms with E-state index in [1.165, 1.54) is 5.56 Å². The minimum atomic E-state index is 0.0852. The molecule has 0 saturated carbocycles. The van der Waals surface area contributed by atoms with E-state index in [1.807, 2.05) is 26.0 Å². The van der Waals surface area contributed by atoms with E-state index < -0.39 is 0 Å². The van der Waals surface area contributed by atoms with E-state index >= 15 is 0 Å². The average molecular weight is 251 g/mol. The molecule has 2 unspecified atom stereocenters. The Morgan fingerprint density at radius 2 is 1.78 bits per heavy atom. The van der Waals surface area contributed by atoms with Crippen LogP contribution >= 0.6 is 0 Å². The highest BCUT2D eigenvalue weighted by atomic mass is 16.5. The predicted molar refractivity (Wildman–Crippen MR) is 75.1 cm³/mol. The largest absolute Gasteiger partial charge is 0.488 e. The van der Waals surface area contributed by atoms with E-state index in [4.69, 9.17) is 9.47 Å². The average Bonchev–Trinajstić information content (AvgIpc) is 2.37. The van der Waals surface area contributed by atoms with Crippen LogP contribution in [0.5, 0.6) is 5.75 Å². The van der Waals surface area contributed by atoms with Crippen molar-refractivity contribution in [2.75, 3.05) is 19.8 Å². The zero-order valence-corrected chi connectivity index (χ0v) is 11.9. The van der Waals surface area contributed by atoms with Gasteiger partial charge in [0.2, 0.25) is 0 Å². The molecular formula is C15H25NO2. The van der Waals surface area contributed by atoms with Crippen molar-refractivity contribution in [1.29, 1.82) is 0 Å². The highest BCUT2D eigenvalue weighted by molar-refractivity contribution is 5.29. The Hall–Kier alpha value is -1.06. The van der Waals surface area contributed by atoms with Gasteiger partial charge in [-0.1, -0.05) is 19.1 Å². The maximum atomic E-state index is 5.77. The van der Waals surface area contributed by atoms with Crippen molar-refractivity contribution in [3.8, 4) is 5.75 Å². The van der Waals surface area contributed by atoms with Gasteiger partial charge in [-0.05, 0) is 45.0 Å². The van der Waals surface area contributed by atoms with Crippen molar-refractivity contribution < 1.29 is 9.47 Å². The van der Waals surface area contributed by atoms with Crippen LogP contribution in [0.3, 0.4) is 0 Å². The Morgan fingerprint density at radius 3 is 2.33 bits per heavy atom. The fourth-order valence-electron chi connectivity index (χ4n) is 1.81. The molecule has 0 bridgehead atoms. The van der Waals surface area contributed by atoms with Crippen molar-refractivity contribution in [3.63, 3.8) is 0 Å². The number of nitrogens with one attached hydrogen (secondary N) is 1. The van der Waals surface area contributed by atoms with Gasteiger partial charge in [0.15, 0.2) is 0 Å². The van der Waals surface area contributed by atoms with Crippen LogP contribution in [0.1, 0.15) is 39.3 Å². The Kier molecular flexibility index (Phi) is 6.76. The summed E-state index contributed by atoms with van der Waals surface area (Å²) in [5.41, 5.74) is 1.28. The van der Waals surface area contributed by atoms with E-state index in [9.17, 15) is 0 Å². The third-order valence-corrected chi connectivity index (χ3v) is 2.78. The van der Waals surface area contributed by atoms with Crippen molar-refractivity contribution in [3.05, 3.63) is 29.8 Å². The Morgan fingerprint density at radius 1 is 1.11 bits per heavy atom. The summed E-state index contributed by atoms with van der Waals surface area (Å²) < 4.78 is 11.1. The van der Waals surface area contributed by atoms with Gasteiger partial charge in [-0.3, -0.25) is 0 Å². The van der Waals surface area contributed by atoms with Crippen LogP contribution in [0, 0.1) is 0 Å². The van der Waals surface area contributed by atoms with Crippen LogP contribution in [0.25, 0.3) is 0 Å². The number of rotatable bonds is 8. The highest BCUT2D eigenvalue weighted by Gasteiger charge is 2.06. The zero-order chi connectivity index (χ0) is 13.4. The van der Waals surface area contributed by atoms with Gasteiger partial charge < -0.3 is 14.8 Å². The summed E-state index contributed by atoms with van der Waals surface area (Å²) in [6, 6.07) is 8.63. The van der Waals surface area contributed by atoms with Gasteiger partial charge in [0.05, 0.1) is 6.61 Å². The van der Waals surface area contributed by atoms with Gasteiger partial charge in [-0.25, -0.2) is 0 Å². The van der Waals surface area contributed by atoms with Gasteiger partial charge in [0.1, 0.15) is 11.9 Å². The molecule has 0 radical (unpaired) electrons. The molecule has 0 heterocycles. The monoisotopic (exact) mass is 251 g/mol. The maximum absolute atomic E-state index is 5.77. The SMILES string of the molecule is CCNC(C)c1ccc(OC(C)COCC)cc1. The zero-order valence-electron chi connectivity index (χ0n) is 11.9. The van der Waals surface area contributed by atoms with Gasteiger partial charge in [0.25, 0.3) is 0 Å². The van der Waals surface area contributed by atoms with E-state index in [2.05, 4.69) is 31.3 Å². The van der Waals surface area contributed by atoms with Crippen LogP contribution < -0.4 is 10.1 Å². The fourth-order valence-corrected chi connectivity index (χ4v) is 1.81. The van der Waals surface area contributed by atoms with Gasteiger partial charge in [-0.2, -0.15) is 0 Å². The lowest BCUT2D eigenvalue weighted by Crippen LogP contribution is -2.19. The summed E-state index contributed by atoms with van der Waals surface area (Å²) in [5.74, 6) is 0.898. The topological polar surface area (TPSA) is 30.5 Å². The normalized spacial score (nSPS) is 14.2. The molecule has 2 atom stereocenters. The van der Waals surface area contributed by atoms with Crippen molar-refractivity contribution in [2.45, 2.75) is 39.8 Å². The molecule has 1 aromatic rings. The second kappa shape index (κ2) is 8.11.